The van der Waals surface area contributed by atoms with Crippen molar-refractivity contribution in [2.24, 2.45) is 0 Å². The highest BCUT2D eigenvalue weighted by Gasteiger charge is 2.40. The van der Waals surface area contributed by atoms with Crippen LogP contribution in [-0.2, 0) is 34.3 Å². The van der Waals surface area contributed by atoms with E-state index in [1.807, 2.05) is 16.0 Å². The van der Waals surface area contributed by atoms with Gasteiger partial charge in [-0.15, -0.1) is 0 Å². The molecule has 0 aliphatic heterocycles. The largest absolute Gasteiger partial charge is 0.478 e. The summed E-state index contributed by atoms with van der Waals surface area (Å²) in [6.07, 6.45) is -20.5. The lowest BCUT2D eigenvalue weighted by Gasteiger charge is -2.20. The van der Waals surface area contributed by atoms with E-state index in [9.17, 15) is 91.7 Å². The monoisotopic (exact) mass is 971 g/mol. The summed E-state index contributed by atoms with van der Waals surface area (Å²) >= 11 is 0. The highest BCUT2D eigenvalue weighted by Crippen LogP contribution is 2.46. The fourth-order valence-electron chi connectivity index (χ4n) is 6.23. The van der Waals surface area contributed by atoms with E-state index in [1.165, 1.54) is 6.92 Å². The van der Waals surface area contributed by atoms with E-state index in [0.717, 1.165) is 18.2 Å². The van der Waals surface area contributed by atoms with Crippen LogP contribution in [0.5, 0.6) is 11.5 Å². The first kappa shape index (κ1) is 50.6. The van der Waals surface area contributed by atoms with Crippen LogP contribution in [-0.4, -0.2) is 50.9 Å². The molecule has 0 aromatic heterocycles. The molecule has 0 bridgehead atoms. The van der Waals surface area contributed by atoms with Gasteiger partial charge in [-0.25, -0.2) is 14.4 Å². The maximum absolute atomic E-state index is 14.5. The smallest absolute Gasteiger partial charge is 0.420 e. The number of rotatable bonds is 12. The molecule has 0 unspecified atom stereocenters. The summed E-state index contributed by atoms with van der Waals surface area (Å²) in [5.41, 5.74) is -15.8. The number of nitrogens with one attached hydrogen (secondary N) is 3. The average Bonchev–Trinajstić information content (AvgIpc) is 3.22. The molecular weight excluding hydrogens is 946 g/mol. The maximum atomic E-state index is 14.5. The molecule has 6 N–H and O–H groups in total. The molecule has 0 aliphatic carbocycles. The topological polar surface area (TPSA) is 208 Å². The minimum absolute atomic E-state index is 0.0781. The highest BCUT2D eigenvalue weighted by molar-refractivity contribution is 6.17. The van der Waals surface area contributed by atoms with E-state index in [-0.39, 0.29) is 29.8 Å². The number of carboxylic acid groups (broad SMARTS) is 3. The van der Waals surface area contributed by atoms with Crippen LogP contribution in [0.2, 0.25) is 0 Å². The van der Waals surface area contributed by atoms with Crippen molar-refractivity contribution in [3.8, 4) is 22.6 Å². The number of hydrogen-bond donors (Lipinski definition) is 6. The Hall–Kier alpha value is -8.38. The van der Waals surface area contributed by atoms with E-state index >= 15 is 0 Å². The molecule has 5 aromatic rings. The van der Waals surface area contributed by atoms with Crippen molar-refractivity contribution in [1.82, 2.24) is 0 Å². The Kier molecular flexibility index (Phi) is 14.0. The molecule has 3 amide bonds. The summed E-state index contributed by atoms with van der Waals surface area (Å²) < 4.78 is 175. The molecule has 0 saturated carbocycles. The second kappa shape index (κ2) is 18.8. The molecule has 0 aliphatic rings. The zero-order valence-electron chi connectivity index (χ0n) is 33.5. The highest BCUT2D eigenvalue weighted by atomic mass is 19.4. The quantitative estimate of drug-likeness (QED) is 0.0515. The normalized spacial score (nSPS) is 12.1. The van der Waals surface area contributed by atoms with Gasteiger partial charge in [-0.2, -0.15) is 52.7 Å². The predicted octanol–water partition coefficient (Wildman–Crippen LogP) is 11.0. The summed E-state index contributed by atoms with van der Waals surface area (Å²) in [5, 5.41) is 34.0. The SMILES string of the molecule is Cc1ccc(Oc2ccc(NC(=O)c3cc(C(=O)Nc4ccc(-c5ccc(NC(=O)/C=C\C(=O)O)cc5C(F)(F)F)c(C(F)(F)F)c4)c(C(=O)O)cc3C(=O)O)cc2C(F)(F)F)c(C(F)(F)F)c1. The number of carboxylic acids is 3. The minimum atomic E-state index is -5.49. The Morgan fingerprint density at radius 3 is 1.24 bits per heavy atom. The maximum Gasteiger partial charge on any atom is 0.420 e. The van der Waals surface area contributed by atoms with Crippen molar-refractivity contribution in [3.63, 3.8) is 0 Å². The fraction of sp³-hybridized carbons (Fsp3) is 0.116. The van der Waals surface area contributed by atoms with Crippen LogP contribution in [0, 0.1) is 6.92 Å². The molecule has 0 spiro atoms. The second-order valence-corrected chi connectivity index (χ2v) is 13.9. The van der Waals surface area contributed by atoms with E-state index in [0.29, 0.717) is 54.6 Å². The Bertz CT molecular complexity index is 2920. The van der Waals surface area contributed by atoms with E-state index < -0.39 is 145 Å². The fourth-order valence-corrected chi connectivity index (χ4v) is 6.23. The molecule has 0 radical (unpaired) electrons. The number of amides is 3. The number of anilines is 3. The van der Waals surface area contributed by atoms with Crippen molar-refractivity contribution in [2.75, 3.05) is 16.0 Å². The van der Waals surface area contributed by atoms with Gasteiger partial charge in [-0.1, -0.05) is 23.8 Å². The van der Waals surface area contributed by atoms with E-state index in [2.05, 4.69) is 0 Å². The number of aryl methyl sites for hydroxylation is 1. The average molecular weight is 972 g/mol. The number of carbonyl (C=O) groups excluding carboxylic acids is 3. The van der Waals surface area contributed by atoms with Crippen molar-refractivity contribution < 1.29 is 102 Å². The van der Waals surface area contributed by atoms with Crippen LogP contribution < -0.4 is 20.7 Å². The van der Waals surface area contributed by atoms with Gasteiger partial charge in [0.2, 0.25) is 5.91 Å². The summed E-state index contributed by atoms with van der Waals surface area (Å²) in [6, 6.07) is 7.23. The zero-order valence-corrected chi connectivity index (χ0v) is 33.5. The number of benzene rings is 5. The molecule has 0 heterocycles. The molecule has 356 valence electrons. The summed E-state index contributed by atoms with van der Waals surface area (Å²) in [6.45, 7) is 1.27. The molecular formula is C43H25F12N3O10. The number of aliphatic carboxylic acids is 1. The standard InChI is InChI=1S/C43H25F12N3O10/c1-18-2-8-32(30(12-18)42(50,51)52)68-33-9-5-21(15-31(33)43(53,54)55)58-37(63)25-16-24(26(38(64)65)17-27(25)39(66)67)36(62)57-20-4-7-23(29(14-20)41(47,48)49)22-6-3-19(13-28(22)40(44,45)46)56-34(59)10-11-35(60)61/h2-17H,1H3,(H,56,59)(H,57,62)(H,58,63)(H,60,61)(H,64,65)(H,66,67)/b11-10-. The number of carbonyl (C=O) groups is 6. The zero-order chi connectivity index (χ0) is 50.8. The lowest BCUT2D eigenvalue weighted by Crippen LogP contribution is -2.22. The van der Waals surface area contributed by atoms with Crippen molar-refractivity contribution >= 4 is 52.7 Å². The molecule has 25 heteroatoms. The van der Waals surface area contributed by atoms with E-state index in [1.54, 1.807) is 0 Å². The van der Waals surface area contributed by atoms with Crippen molar-refractivity contribution in [2.45, 2.75) is 31.6 Å². The summed E-state index contributed by atoms with van der Waals surface area (Å²) in [4.78, 5) is 74.0. The minimum Gasteiger partial charge on any atom is -0.478 e. The third-order valence-electron chi connectivity index (χ3n) is 9.15. The van der Waals surface area contributed by atoms with Crippen LogP contribution in [0.4, 0.5) is 69.7 Å². The van der Waals surface area contributed by atoms with Crippen LogP contribution in [0.25, 0.3) is 11.1 Å². The van der Waals surface area contributed by atoms with Gasteiger partial charge in [-0.3, -0.25) is 14.4 Å². The molecule has 68 heavy (non-hydrogen) atoms. The first-order valence-corrected chi connectivity index (χ1v) is 18.3. The Morgan fingerprint density at radius 2 is 0.824 bits per heavy atom. The number of alkyl halides is 12. The number of halogens is 12. The molecule has 0 saturated heterocycles. The van der Waals surface area contributed by atoms with Gasteiger partial charge in [0.15, 0.2) is 0 Å². The van der Waals surface area contributed by atoms with Gasteiger partial charge in [0.25, 0.3) is 11.8 Å². The first-order valence-electron chi connectivity index (χ1n) is 18.3. The van der Waals surface area contributed by atoms with Crippen molar-refractivity contribution in [1.29, 1.82) is 0 Å². The third-order valence-corrected chi connectivity index (χ3v) is 9.15. The van der Waals surface area contributed by atoms with Crippen LogP contribution >= 0.6 is 0 Å². The lowest BCUT2D eigenvalue weighted by atomic mass is 9.93. The van der Waals surface area contributed by atoms with Gasteiger partial charge in [0.1, 0.15) is 17.1 Å². The number of ether oxygens (including phenoxy) is 1. The third kappa shape index (κ3) is 11.9. The Morgan fingerprint density at radius 1 is 0.456 bits per heavy atom. The molecule has 0 atom stereocenters. The van der Waals surface area contributed by atoms with Crippen LogP contribution in [0.1, 0.15) is 69.2 Å². The van der Waals surface area contributed by atoms with E-state index in [4.69, 9.17) is 9.84 Å². The van der Waals surface area contributed by atoms with Gasteiger partial charge in [-0.05, 0) is 84.8 Å². The molecule has 5 aromatic carbocycles. The van der Waals surface area contributed by atoms with Gasteiger partial charge >= 0.3 is 42.6 Å². The first-order chi connectivity index (χ1) is 31.3. The summed E-state index contributed by atoms with van der Waals surface area (Å²) in [7, 11) is 0. The second-order valence-electron chi connectivity index (χ2n) is 13.9. The van der Waals surface area contributed by atoms with Crippen molar-refractivity contribution in [3.05, 3.63) is 147 Å². The van der Waals surface area contributed by atoms with Gasteiger partial charge in [0, 0.05) is 29.2 Å². The lowest BCUT2D eigenvalue weighted by molar-refractivity contribution is -0.140. The Balaban J connectivity index is 1.52. The number of hydrogen-bond acceptors (Lipinski definition) is 7. The van der Waals surface area contributed by atoms with Crippen LogP contribution in [0.15, 0.2) is 97.1 Å². The van der Waals surface area contributed by atoms with Gasteiger partial charge in [0.05, 0.1) is 38.9 Å². The molecule has 5 rings (SSSR count). The Labute approximate surface area is 371 Å². The number of aromatic carboxylic acids is 2. The molecule has 13 nitrogen and oxygen atoms in total. The van der Waals surface area contributed by atoms with Gasteiger partial charge < -0.3 is 36.0 Å². The van der Waals surface area contributed by atoms with Crippen LogP contribution in [0.3, 0.4) is 0 Å². The predicted molar refractivity (Wildman–Crippen MR) is 211 cm³/mol. The molecule has 0 fully saturated rings. The summed E-state index contributed by atoms with van der Waals surface area (Å²) in [5.74, 6) is -12.4.